The summed E-state index contributed by atoms with van der Waals surface area (Å²) in [7, 11) is 0. The molecule has 1 atom stereocenters. The van der Waals surface area contributed by atoms with Crippen LogP contribution in [0.2, 0.25) is 0 Å². The van der Waals surface area contributed by atoms with Gasteiger partial charge in [-0.25, -0.2) is 0 Å². The van der Waals surface area contributed by atoms with Crippen LogP contribution in [0.15, 0.2) is 36.0 Å². The Hall–Kier alpha value is -2.83. The second-order valence-electron chi connectivity index (χ2n) is 4.85. The third-order valence-electron chi connectivity index (χ3n) is 3.28. The van der Waals surface area contributed by atoms with Gasteiger partial charge in [0.25, 0.3) is 5.91 Å². The van der Waals surface area contributed by atoms with E-state index < -0.39 is 5.91 Å². The van der Waals surface area contributed by atoms with Crippen LogP contribution >= 0.6 is 0 Å². The molecule has 1 aliphatic rings. The predicted octanol–water partition coefficient (Wildman–Crippen LogP) is 1.67. The maximum atomic E-state index is 11.9. The number of nitrogens with zero attached hydrogens (tertiary/aromatic N) is 2. The molecule has 1 unspecified atom stereocenters. The van der Waals surface area contributed by atoms with Gasteiger partial charge in [0.05, 0.1) is 17.7 Å². The van der Waals surface area contributed by atoms with Crippen LogP contribution in [0, 0.1) is 22.7 Å². The fourth-order valence-corrected chi connectivity index (χ4v) is 2.05. The molecule has 22 heavy (non-hydrogen) atoms. The van der Waals surface area contributed by atoms with Crippen LogP contribution in [0.25, 0.3) is 0 Å². The first-order valence-corrected chi connectivity index (χ1v) is 6.99. The molecule has 0 bridgehead atoms. The number of hydrogen-bond donors (Lipinski definition) is 2. The van der Waals surface area contributed by atoms with Gasteiger partial charge in [0.1, 0.15) is 11.6 Å². The first kappa shape index (κ1) is 15.6. The van der Waals surface area contributed by atoms with E-state index in [9.17, 15) is 4.79 Å². The van der Waals surface area contributed by atoms with Crippen molar-refractivity contribution in [2.24, 2.45) is 0 Å². The number of benzene rings is 1. The summed E-state index contributed by atoms with van der Waals surface area (Å²) >= 11 is 0. The van der Waals surface area contributed by atoms with E-state index in [1.54, 1.807) is 24.3 Å². The Morgan fingerprint density at radius 2 is 2.14 bits per heavy atom. The fraction of sp³-hybridized carbons (Fsp3) is 0.312. The second kappa shape index (κ2) is 7.82. The molecule has 0 spiro atoms. The molecular weight excluding hydrogens is 280 g/mol. The average molecular weight is 296 g/mol. The highest BCUT2D eigenvalue weighted by Gasteiger charge is 2.17. The molecule has 1 aliphatic heterocycles. The number of anilines is 1. The van der Waals surface area contributed by atoms with Gasteiger partial charge in [-0.2, -0.15) is 10.5 Å². The largest absolute Gasteiger partial charge is 0.376 e. The number of rotatable bonds is 5. The molecule has 1 aromatic rings. The van der Waals surface area contributed by atoms with Gasteiger partial charge in [-0.3, -0.25) is 4.79 Å². The molecule has 0 aromatic heterocycles. The number of carbonyl (C=O) groups is 1. The molecule has 112 valence electrons. The number of carbonyl (C=O) groups excluding carboxylic acids is 1. The summed E-state index contributed by atoms with van der Waals surface area (Å²) in [5.41, 5.74) is 1.23. The van der Waals surface area contributed by atoms with Crippen molar-refractivity contribution in [3.05, 3.63) is 41.6 Å². The fourth-order valence-electron chi connectivity index (χ4n) is 2.05. The zero-order valence-electron chi connectivity index (χ0n) is 12.0. The maximum Gasteiger partial charge on any atom is 0.263 e. The molecule has 6 heteroatoms. The SMILES string of the molecule is N#C/C(=C/Nc1ccc(C#N)cc1)C(=O)NCC1CCCO1. The lowest BCUT2D eigenvalue weighted by Crippen LogP contribution is -2.32. The average Bonchev–Trinajstić information content (AvgIpc) is 3.07. The topological polar surface area (TPSA) is 97.9 Å². The summed E-state index contributed by atoms with van der Waals surface area (Å²) in [6, 6.07) is 10.6. The van der Waals surface area contributed by atoms with E-state index in [1.807, 2.05) is 12.1 Å². The van der Waals surface area contributed by atoms with E-state index in [2.05, 4.69) is 10.6 Å². The summed E-state index contributed by atoms with van der Waals surface area (Å²) in [6.07, 6.45) is 3.32. The molecule has 1 heterocycles. The summed E-state index contributed by atoms with van der Waals surface area (Å²) in [5, 5.41) is 23.3. The molecule has 2 N–H and O–H groups in total. The molecule has 2 rings (SSSR count). The zero-order valence-corrected chi connectivity index (χ0v) is 12.0. The third-order valence-corrected chi connectivity index (χ3v) is 3.28. The zero-order chi connectivity index (χ0) is 15.8. The minimum atomic E-state index is -0.431. The van der Waals surface area contributed by atoms with Gasteiger partial charge in [-0.15, -0.1) is 0 Å². The van der Waals surface area contributed by atoms with Crippen LogP contribution in [0.3, 0.4) is 0 Å². The van der Waals surface area contributed by atoms with Crippen molar-refractivity contribution in [1.29, 1.82) is 10.5 Å². The van der Waals surface area contributed by atoms with Crippen molar-refractivity contribution >= 4 is 11.6 Å². The van der Waals surface area contributed by atoms with Gasteiger partial charge in [-0.05, 0) is 37.1 Å². The molecule has 6 nitrogen and oxygen atoms in total. The number of nitriles is 2. The van der Waals surface area contributed by atoms with Crippen molar-refractivity contribution in [3.63, 3.8) is 0 Å². The molecule has 0 aliphatic carbocycles. The quantitative estimate of drug-likeness (QED) is 0.636. The molecule has 1 aromatic carbocycles. The molecule has 1 amide bonds. The van der Waals surface area contributed by atoms with Gasteiger partial charge in [-0.1, -0.05) is 0 Å². The molecule has 0 saturated carbocycles. The third kappa shape index (κ3) is 4.34. The Balaban J connectivity index is 1.90. The maximum absolute atomic E-state index is 11.9. The van der Waals surface area contributed by atoms with Gasteiger partial charge in [0.15, 0.2) is 0 Å². The molecule has 0 radical (unpaired) electrons. The second-order valence-corrected chi connectivity index (χ2v) is 4.85. The first-order chi connectivity index (χ1) is 10.7. The van der Waals surface area contributed by atoms with E-state index in [4.69, 9.17) is 15.3 Å². The number of nitrogens with one attached hydrogen (secondary N) is 2. The Bertz CT molecular complexity index is 632. The van der Waals surface area contributed by atoms with Crippen molar-refractivity contribution in [3.8, 4) is 12.1 Å². The number of hydrogen-bond acceptors (Lipinski definition) is 5. The van der Waals surface area contributed by atoms with Gasteiger partial charge < -0.3 is 15.4 Å². The van der Waals surface area contributed by atoms with Crippen molar-refractivity contribution in [2.45, 2.75) is 18.9 Å². The lowest BCUT2D eigenvalue weighted by molar-refractivity contribution is -0.117. The van der Waals surface area contributed by atoms with Crippen molar-refractivity contribution in [2.75, 3.05) is 18.5 Å². The smallest absolute Gasteiger partial charge is 0.263 e. The first-order valence-electron chi connectivity index (χ1n) is 6.99. The minimum absolute atomic E-state index is 0.0117. The highest BCUT2D eigenvalue weighted by molar-refractivity contribution is 5.97. The van der Waals surface area contributed by atoms with E-state index in [0.717, 1.165) is 19.4 Å². The highest BCUT2D eigenvalue weighted by Crippen LogP contribution is 2.11. The Kier molecular flexibility index (Phi) is 5.53. The van der Waals surface area contributed by atoms with Crippen molar-refractivity contribution < 1.29 is 9.53 Å². The lowest BCUT2D eigenvalue weighted by Gasteiger charge is -2.10. The van der Waals surface area contributed by atoms with Crippen LogP contribution in [-0.2, 0) is 9.53 Å². The lowest BCUT2D eigenvalue weighted by atomic mass is 10.2. The number of ether oxygens (including phenoxy) is 1. The monoisotopic (exact) mass is 296 g/mol. The minimum Gasteiger partial charge on any atom is -0.376 e. The standard InChI is InChI=1S/C16H16N4O2/c17-8-12-3-5-14(6-4-12)19-10-13(9-18)16(21)20-11-15-2-1-7-22-15/h3-6,10,15,19H,1-2,7,11H2,(H,20,21)/b13-10-. The van der Waals surface area contributed by atoms with Crippen LogP contribution in [-0.4, -0.2) is 25.2 Å². The van der Waals surface area contributed by atoms with E-state index in [0.29, 0.717) is 17.8 Å². The molecule has 1 fully saturated rings. The van der Waals surface area contributed by atoms with Crippen LogP contribution < -0.4 is 10.6 Å². The molecular formula is C16H16N4O2. The Morgan fingerprint density at radius 1 is 1.36 bits per heavy atom. The normalized spacial score (nSPS) is 17.4. The summed E-state index contributed by atoms with van der Waals surface area (Å²) in [4.78, 5) is 11.9. The van der Waals surface area contributed by atoms with Gasteiger partial charge in [0.2, 0.25) is 0 Å². The summed E-state index contributed by atoms with van der Waals surface area (Å²) in [5.74, 6) is -0.431. The van der Waals surface area contributed by atoms with E-state index in [-0.39, 0.29) is 11.7 Å². The van der Waals surface area contributed by atoms with Crippen LogP contribution in [0.4, 0.5) is 5.69 Å². The van der Waals surface area contributed by atoms with Gasteiger partial charge >= 0.3 is 0 Å². The molecule has 1 saturated heterocycles. The summed E-state index contributed by atoms with van der Waals surface area (Å²) in [6.45, 7) is 1.14. The van der Waals surface area contributed by atoms with E-state index >= 15 is 0 Å². The van der Waals surface area contributed by atoms with Crippen LogP contribution in [0.1, 0.15) is 18.4 Å². The summed E-state index contributed by atoms with van der Waals surface area (Å²) < 4.78 is 5.41. The van der Waals surface area contributed by atoms with Crippen LogP contribution in [0.5, 0.6) is 0 Å². The number of amides is 1. The van der Waals surface area contributed by atoms with Crippen molar-refractivity contribution in [1.82, 2.24) is 5.32 Å². The Labute approximate surface area is 129 Å². The predicted molar refractivity (Wildman–Crippen MR) is 80.5 cm³/mol. The van der Waals surface area contributed by atoms with Gasteiger partial charge in [0, 0.05) is 25.0 Å². The highest BCUT2D eigenvalue weighted by atomic mass is 16.5. The Morgan fingerprint density at radius 3 is 2.73 bits per heavy atom. The van der Waals surface area contributed by atoms with E-state index in [1.165, 1.54) is 6.20 Å².